The van der Waals surface area contributed by atoms with Crippen LogP contribution in [0.25, 0.3) is 5.69 Å². The van der Waals surface area contributed by atoms with Gasteiger partial charge in [0.1, 0.15) is 5.82 Å². The molecule has 2 aliphatic rings. The first-order valence-corrected chi connectivity index (χ1v) is 10.8. The second-order valence-corrected chi connectivity index (χ2v) is 7.90. The number of piperazine rings is 1. The van der Waals surface area contributed by atoms with Gasteiger partial charge in [-0.3, -0.25) is 4.79 Å². The monoisotopic (exact) mass is 399 g/mol. The van der Waals surface area contributed by atoms with E-state index in [2.05, 4.69) is 27.1 Å². The van der Waals surface area contributed by atoms with Crippen molar-refractivity contribution in [2.75, 3.05) is 45.8 Å². The second kappa shape index (κ2) is 9.05. The van der Waals surface area contributed by atoms with Crippen LogP contribution in [0.2, 0.25) is 0 Å². The Morgan fingerprint density at radius 2 is 1.83 bits per heavy atom. The van der Waals surface area contributed by atoms with Gasteiger partial charge in [0.2, 0.25) is 0 Å². The van der Waals surface area contributed by atoms with Gasteiger partial charge in [-0.15, -0.1) is 0 Å². The van der Waals surface area contributed by atoms with Gasteiger partial charge in [-0.1, -0.05) is 6.92 Å². The number of nitrogens with one attached hydrogen (secondary N) is 1. The molecule has 1 N–H and O–H groups in total. The lowest BCUT2D eigenvalue weighted by Crippen LogP contribution is -2.46. The van der Waals surface area contributed by atoms with Gasteiger partial charge in [0, 0.05) is 44.0 Å². The van der Waals surface area contributed by atoms with E-state index in [-0.39, 0.29) is 11.7 Å². The van der Waals surface area contributed by atoms with E-state index in [9.17, 15) is 9.18 Å². The number of nitrogens with zero attached hydrogens (tertiary/aromatic N) is 4. The number of carbonyl (C=O) groups excluding carboxylic acids is 1. The minimum atomic E-state index is -0.272. The second-order valence-electron chi connectivity index (χ2n) is 7.90. The quantitative estimate of drug-likeness (QED) is 0.726. The van der Waals surface area contributed by atoms with Crippen LogP contribution in [0.15, 0.2) is 24.3 Å². The third-order valence-electron chi connectivity index (χ3n) is 6.07. The maximum atomic E-state index is 13.3. The molecule has 7 heteroatoms. The van der Waals surface area contributed by atoms with Crippen LogP contribution in [0.4, 0.5) is 4.39 Å². The fourth-order valence-electron chi connectivity index (χ4n) is 4.33. The smallest absolute Gasteiger partial charge is 0.272 e. The third kappa shape index (κ3) is 4.51. The molecule has 1 aliphatic heterocycles. The fourth-order valence-corrected chi connectivity index (χ4v) is 4.33. The van der Waals surface area contributed by atoms with E-state index in [1.54, 1.807) is 12.1 Å². The van der Waals surface area contributed by atoms with Crippen LogP contribution in [0.1, 0.15) is 41.5 Å². The first kappa shape index (κ1) is 20.0. The molecule has 0 unspecified atom stereocenters. The summed E-state index contributed by atoms with van der Waals surface area (Å²) < 4.78 is 15.1. The SMILES string of the molecule is CCN1CCN(CCCNC(=O)c2nn(-c3ccc(F)cc3)c3c2CCC3)CC1. The number of carbonyl (C=O) groups is 1. The maximum Gasteiger partial charge on any atom is 0.272 e. The van der Waals surface area contributed by atoms with Gasteiger partial charge < -0.3 is 15.1 Å². The molecule has 1 aromatic carbocycles. The van der Waals surface area contributed by atoms with Crippen molar-refractivity contribution in [3.8, 4) is 5.69 Å². The Bertz CT molecular complexity index is 840. The summed E-state index contributed by atoms with van der Waals surface area (Å²) in [4.78, 5) is 17.7. The zero-order valence-electron chi connectivity index (χ0n) is 17.2. The summed E-state index contributed by atoms with van der Waals surface area (Å²) >= 11 is 0. The summed E-state index contributed by atoms with van der Waals surface area (Å²) in [6.07, 6.45) is 3.74. The first-order valence-electron chi connectivity index (χ1n) is 10.8. The zero-order chi connectivity index (χ0) is 20.2. The summed E-state index contributed by atoms with van der Waals surface area (Å²) in [5, 5.41) is 7.63. The van der Waals surface area contributed by atoms with E-state index >= 15 is 0 Å². The molecule has 0 radical (unpaired) electrons. The number of aromatic nitrogens is 2. The van der Waals surface area contributed by atoms with Crippen molar-refractivity contribution < 1.29 is 9.18 Å². The number of likely N-dealkylation sites (N-methyl/N-ethyl adjacent to an activating group) is 1. The first-order chi connectivity index (χ1) is 14.2. The van der Waals surface area contributed by atoms with E-state index in [4.69, 9.17) is 0 Å². The predicted molar refractivity (Wildman–Crippen MR) is 111 cm³/mol. The summed E-state index contributed by atoms with van der Waals surface area (Å²) in [7, 11) is 0. The van der Waals surface area contributed by atoms with Crippen molar-refractivity contribution in [2.45, 2.75) is 32.6 Å². The Morgan fingerprint density at radius 3 is 2.55 bits per heavy atom. The van der Waals surface area contributed by atoms with E-state index in [0.717, 1.165) is 81.9 Å². The number of amides is 1. The topological polar surface area (TPSA) is 53.4 Å². The molecule has 1 amide bonds. The minimum absolute atomic E-state index is 0.0974. The van der Waals surface area contributed by atoms with Crippen LogP contribution in [-0.2, 0) is 12.8 Å². The van der Waals surface area contributed by atoms with Gasteiger partial charge in [0.05, 0.1) is 5.69 Å². The highest BCUT2D eigenvalue weighted by Crippen LogP contribution is 2.27. The molecule has 0 spiro atoms. The van der Waals surface area contributed by atoms with Crippen LogP contribution in [0.5, 0.6) is 0 Å². The Morgan fingerprint density at radius 1 is 1.10 bits per heavy atom. The summed E-state index contributed by atoms with van der Waals surface area (Å²) in [6, 6.07) is 6.28. The molecule has 0 atom stereocenters. The normalized spacial score (nSPS) is 17.4. The number of halogens is 1. The van der Waals surface area contributed by atoms with Gasteiger partial charge in [-0.25, -0.2) is 9.07 Å². The van der Waals surface area contributed by atoms with Gasteiger partial charge in [0.25, 0.3) is 5.91 Å². The van der Waals surface area contributed by atoms with Crippen LogP contribution >= 0.6 is 0 Å². The van der Waals surface area contributed by atoms with E-state index in [1.165, 1.54) is 12.1 Å². The number of hydrogen-bond acceptors (Lipinski definition) is 4. The van der Waals surface area contributed by atoms with Crippen molar-refractivity contribution in [3.63, 3.8) is 0 Å². The Hall–Kier alpha value is -2.25. The van der Waals surface area contributed by atoms with Crippen molar-refractivity contribution in [3.05, 3.63) is 47.0 Å². The molecule has 1 aliphatic carbocycles. The average Bonchev–Trinajstić information content (AvgIpc) is 3.35. The molecule has 0 saturated carbocycles. The lowest BCUT2D eigenvalue weighted by molar-refractivity contribution is 0.0942. The minimum Gasteiger partial charge on any atom is -0.351 e. The third-order valence-corrected chi connectivity index (χ3v) is 6.07. The van der Waals surface area contributed by atoms with Crippen LogP contribution in [-0.4, -0.2) is 71.3 Å². The lowest BCUT2D eigenvalue weighted by atomic mass is 10.2. The van der Waals surface area contributed by atoms with Crippen LogP contribution in [0, 0.1) is 5.82 Å². The number of rotatable bonds is 7. The molecule has 1 aromatic heterocycles. The zero-order valence-corrected chi connectivity index (χ0v) is 17.2. The van der Waals surface area contributed by atoms with E-state index in [0.29, 0.717) is 12.2 Å². The van der Waals surface area contributed by atoms with Crippen LogP contribution in [0.3, 0.4) is 0 Å². The molecule has 29 heavy (non-hydrogen) atoms. The number of fused-ring (bicyclic) bond motifs is 1. The molecule has 6 nitrogen and oxygen atoms in total. The van der Waals surface area contributed by atoms with Crippen molar-refractivity contribution in [1.82, 2.24) is 24.9 Å². The molecular formula is C22H30FN5O. The maximum absolute atomic E-state index is 13.3. The van der Waals surface area contributed by atoms with Gasteiger partial charge in [-0.2, -0.15) is 5.10 Å². The van der Waals surface area contributed by atoms with Crippen LogP contribution < -0.4 is 5.32 Å². The molecule has 1 saturated heterocycles. The fraction of sp³-hybridized carbons (Fsp3) is 0.545. The largest absolute Gasteiger partial charge is 0.351 e. The molecule has 4 rings (SSSR count). The number of benzene rings is 1. The van der Waals surface area contributed by atoms with Gasteiger partial charge >= 0.3 is 0 Å². The van der Waals surface area contributed by atoms with Crippen molar-refractivity contribution in [2.24, 2.45) is 0 Å². The Labute approximate surface area is 171 Å². The predicted octanol–water partition coefficient (Wildman–Crippen LogP) is 2.26. The summed E-state index contributed by atoms with van der Waals surface area (Å²) in [6.45, 7) is 9.49. The van der Waals surface area contributed by atoms with Crippen molar-refractivity contribution >= 4 is 5.91 Å². The molecule has 2 heterocycles. The molecular weight excluding hydrogens is 369 g/mol. The summed E-state index contributed by atoms with van der Waals surface area (Å²) in [5.41, 5.74) is 3.45. The van der Waals surface area contributed by atoms with Crippen molar-refractivity contribution in [1.29, 1.82) is 0 Å². The highest BCUT2D eigenvalue weighted by atomic mass is 19.1. The molecule has 2 aromatic rings. The van der Waals surface area contributed by atoms with E-state index in [1.807, 2.05) is 4.68 Å². The highest BCUT2D eigenvalue weighted by Gasteiger charge is 2.26. The van der Waals surface area contributed by atoms with Gasteiger partial charge in [-0.05, 0) is 63.0 Å². The van der Waals surface area contributed by atoms with Gasteiger partial charge in [0.15, 0.2) is 5.69 Å². The average molecular weight is 400 g/mol. The Kier molecular flexibility index (Phi) is 6.25. The molecule has 156 valence electrons. The Balaban J connectivity index is 1.33. The highest BCUT2D eigenvalue weighted by molar-refractivity contribution is 5.94. The number of hydrogen-bond donors (Lipinski definition) is 1. The molecule has 1 fully saturated rings. The summed E-state index contributed by atoms with van der Waals surface area (Å²) in [5.74, 6) is -0.369. The molecule has 0 bridgehead atoms. The standard InChI is InChI=1S/C22H30FN5O/c1-2-26-13-15-27(16-14-26)12-4-11-24-22(29)21-19-5-3-6-20(19)28(25-21)18-9-7-17(23)8-10-18/h7-10H,2-6,11-16H2,1H3,(H,24,29). The lowest BCUT2D eigenvalue weighted by Gasteiger charge is -2.33. The van der Waals surface area contributed by atoms with E-state index < -0.39 is 0 Å².